The van der Waals surface area contributed by atoms with E-state index in [1.165, 1.54) is 5.56 Å². The molecule has 31 heavy (non-hydrogen) atoms. The van der Waals surface area contributed by atoms with Gasteiger partial charge in [-0.3, -0.25) is 0 Å². The van der Waals surface area contributed by atoms with Crippen LogP contribution in [0.15, 0.2) is 48.5 Å². The summed E-state index contributed by atoms with van der Waals surface area (Å²) in [6.45, 7) is 8.05. The van der Waals surface area contributed by atoms with Gasteiger partial charge in [-0.25, -0.2) is 0 Å². The lowest BCUT2D eigenvalue weighted by molar-refractivity contribution is -0.929. The number of piperidine rings is 1. The topological polar surface area (TPSA) is 47.4 Å². The van der Waals surface area contributed by atoms with E-state index in [4.69, 9.17) is 14.2 Å². The third kappa shape index (κ3) is 3.08. The number of ether oxygens (including phenoxy) is 3. The van der Waals surface area contributed by atoms with Gasteiger partial charge in [0, 0.05) is 11.1 Å². The second-order valence-corrected chi connectivity index (χ2v) is 9.26. The van der Waals surface area contributed by atoms with Crippen LogP contribution >= 0.6 is 0 Å². The van der Waals surface area contributed by atoms with Gasteiger partial charge >= 0.3 is 0 Å². The van der Waals surface area contributed by atoms with Crippen molar-refractivity contribution in [1.82, 2.24) is 10.4 Å². The maximum absolute atomic E-state index is 6.75. The second kappa shape index (κ2) is 7.18. The number of fused-ring (bicyclic) bond motifs is 5. The largest absolute Gasteiger partial charge is 0.486 e. The maximum Gasteiger partial charge on any atom is 0.191 e. The molecule has 4 aliphatic rings. The standard InChI is InChI=1S/C25H29N3O3/c1-17(2)27-11-9-25(10-12-27)28-21(19-5-3-4-6-22(19)31-25)16-20(26-28)18-7-8-23-24(15-18)30-14-13-29-23/h3-8,15-17,21,26H,9-14H2,1-2H3/p+1/t21-/m1/s1. The Morgan fingerprint density at radius 1 is 1.00 bits per heavy atom. The zero-order valence-electron chi connectivity index (χ0n) is 18.2. The van der Waals surface area contributed by atoms with Gasteiger partial charge in [0.15, 0.2) is 17.2 Å². The molecule has 4 heterocycles. The van der Waals surface area contributed by atoms with Crippen LogP contribution in [0.1, 0.15) is 43.9 Å². The Labute approximate surface area is 183 Å². The van der Waals surface area contributed by atoms with Gasteiger partial charge in [-0.05, 0) is 44.2 Å². The fourth-order valence-corrected chi connectivity index (χ4v) is 5.38. The maximum atomic E-state index is 6.75. The summed E-state index contributed by atoms with van der Waals surface area (Å²) in [7, 11) is 0. The average molecular weight is 421 g/mol. The Morgan fingerprint density at radius 2 is 1.77 bits per heavy atom. The normalized spacial score (nSPS) is 29.1. The van der Waals surface area contributed by atoms with Crippen LogP contribution in [0.5, 0.6) is 17.2 Å². The van der Waals surface area contributed by atoms with E-state index < -0.39 is 0 Å². The van der Waals surface area contributed by atoms with Crippen LogP contribution in [0.3, 0.4) is 0 Å². The lowest BCUT2D eigenvalue weighted by Crippen LogP contribution is -3.16. The molecule has 4 aliphatic heterocycles. The Hall–Kier alpha value is -2.70. The van der Waals surface area contributed by atoms with Crippen molar-refractivity contribution in [2.75, 3.05) is 26.3 Å². The molecule has 1 fully saturated rings. The third-order valence-corrected chi connectivity index (χ3v) is 7.16. The van der Waals surface area contributed by atoms with Crippen LogP contribution in [-0.4, -0.2) is 43.1 Å². The Bertz CT molecular complexity index is 1030. The monoisotopic (exact) mass is 420 g/mol. The highest BCUT2D eigenvalue weighted by Crippen LogP contribution is 2.48. The summed E-state index contributed by atoms with van der Waals surface area (Å²) in [5, 5.41) is 2.36. The van der Waals surface area contributed by atoms with Gasteiger partial charge in [0.2, 0.25) is 0 Å². The first kappa shape index (κ1) is 19.0. The van der Waals surface area contributed by atoms with Crippen molar-refractivity contribution in [2.45, 2.75) is 44.5 Å². The molecule has 2 aromatic rings. The smallest absolute Gasteiger partial charge is 0.191 e. The zero-order valence-corrected chi connectivity index (χ0v) is 18.2. The van der Waals surface area contributed by atoms with Crippen molar-refractivity contribution < 1.29 is 19.1 Å². The molecule has 162 valence electrons. The van der Waals surface area contributed by atoms with E-state index in [0.717, 1.165) is 54.4 Å². The highest BCUT2D eigenvalue weighted by atomic mass is 16.6. The zero-order chi connectivity index (χ0) is 21.0. The molecule has 2 N–H and O–H groups in total. The fraction of sp³-hybridized carbons (Fsp3) is 0.440. The number of hydrogen-bond acceptors (Lipinski definition) is 5. The SMILES string of the molecule is CC(C)[NH+]1CCC2(CC1)Oc1ccccc1[C@H]1C=C(c3ccc4c(c3)OCCO4)NN12. The summed E-state index contributed by atoms with van der Waals surface area (Å²) in [6, 6.07) is 15.5. The van der Waals surface area contributed by atoms with Crippen LogP contribution in [0.25, 0.3) is 5.70 Å². The van der Waals surface area contributed by atoms with E-state index >= 15 is 0 Å². The minimum absolute atomic E-state index is 0.147. The molecule has 1 atom stereocenters. The van der Waals surface area contributed by atoms with E-state index in [-0.39, 0.29) is 11.8 Å². The highest BCUT2D eigenvalue weighted by Gasteiger charge is 2.52. The van der Waals surface area contributed by atoms with Gasteiger partial charge in [0.1, 0.15) is 19.0 Å². The van der Waals surface area contributed by atoms with Gasteiger partial charge < -0.3 is 24.5 Å². The van der Waals surface area contributed by atoms with Crippen molar-refractivity contribution in [1.29, 1.82) is 0 Å². The molecule has 0 aliphatic carbocycles. The molecule has 0 amide bonds. The summed E-state index contributed by atoms with van der Waals surface area (Å²) < 4.78 is 18.3. The minimum atomic E-state index is -0.330. The Kier molecular flexibility index (Phi) is 4.40. The molecular formula is C25H30N3O3+. The summed E-state index contributed by atoms with van der Waals surface area (Å²) in [5.74, 6) is 2.65. The van der Waals surface area contributed by atoms with E-state index in [0.29, 0.717) is 19.3 Å². The first-order valence-electron chi connectivity index (χ1n) is 11.4. The van der Waals surface area contributed by atoms with Crippen LogP contribution in [-0.2, 0) is 0 Å². The van der Waals surface area contributed by atoms with Gasteiger partial charge in [-0.15, -0.1) is 0 Å². The number of nitrogens with zero attached hydrogens (tertiary/aromatic N) is 1. The first-order valence-corrected chi connectivity index (χ1v) is 11.4. The van der Waals surface area contributed by atoms with Crippen LogP contribution in [0, 0.1) is 0 Å². The predicted molar refractivity (Wildman–Crippen MR) is 118 cm³/mol. The molecule has 0 saturated carbocycles. The molecule has 0 aromatic heterocycles. The molecule has 6 heteroatoms. The van der Waals surface area contributed by atoms with E-state index in [1.54, 1.807) is 4.90 Å². The van der Waals surface area contributed by atoms with Crippen molar-refractivity contribution in [3.05, 3.63) is 59.7 Å². The predicted octanol–water partition coefficient (Wildman–Crippen LogP) is 2.54. The number of para-hydroxylation sites is 1. The summed E-state index contributed by atoms with van der Waals surface area (Å²) in [4.78, 5) is 1.66. The van der Waals surface area contributed by atoms with E-state index in [1.807, 2.05) is 6.07 Å². The van der Waals surface area contributed by atoms with E-state index in [2.05, 4.69) is 66.8 Å². The molecule has 1 saturated heterocycles. The number of nitrogens with one attached hydrogen (secondary N) is 2. The van der Waals surface area contributed by atoms with Gasteiger partial charge in [0.25, 0.3) is 0 Å². The molecule has 6 rings (SSSR count). The summed E-state index contributed by atoms with van der Waals surface area (Å²) >= 11 is 0. The summed E-state index contributed by atoms with van der Waals surface area (Å²) in [6.07, 6.45) is 4.33. The number of hydrogen-bond donors (Lipinski definition) is 2. The molecule has 1 spiro atoms. The lowest BCUT2D eigenvalue weighted by Gasteiger charge is -2.51. The van der Waals surface area contributed by atoms with E-state index in [9.17, 15) is 0 Å². The number of hydrazine groups is 1. The molecular weight excluding hydrogens is 390 g/mol. The quantitative estimate of drug-likeness (QED) is 0.782. The summed E-state index contributed by atoms with van der Waals surface area (Å²) in [5.41, 5.74) is 6.82. The number of benzene rings is 2. The van der Waals surface area contributed by atoms with Crippen molar-refractivity contribution in [3.63, 3.8) is 0 Å². The molecule has 6 nitrogen and oxygen atoms in total. The Balaban J connectivity index is 1.36. The average Bonchev–Trinajstić information content (AvgIpc) is 3.26. The third-order valence-electron chi connectivity index (χ3n) is 7.16. The lowest BCUT2D eigenvalue weighted by atomic mass is 9.92. The number of quaternary nitrogens is 1. The van der Waals surface area contributed by atoms with Crippen molar-refractivity contribution >= 4 is 5.70 Å². The molecule has 0 radical (unpaired) electrons. The van der Waals surface area contributed by atoms with Gasteiger partial charge in [0.05, 0.1) is 43.7 Å². The van der Waals surface area contributed by atoms with Gasteiger partial charge in [-0.1, -0.05) is 18.2 Å². The molecule has 2 aromatic carbocycles. The fourth-order valence-electron chi connectivity index (χ4n) is 5.38. The molecule has 0 unspecified atom stereocenters. The van der Waals surface area contributed by atoms with Crippen molar-refractivity contribution in [2.24, 2.45) is 0 Å². The number of likely N-dealkylation sites (tertiary alicyclic amines) is 1. The van der Waals surface area contributed by atoms with Crippen LogP contribution < -0.4 is 24.5 Å². The second-order valence-electron chi connectivity index (χ2n) is 9.26. The molecule has 0 bridgehead atoms. The highest BCUT2D eigenvalue weighted by molar-refractivity contribution is 5.70. The van der Waals surface area contributed by atoms with Crippen molar-refractivity contribution in [3.8, 4) is 17.2 Å². The Morgan fingerprint density at radius 3 is 2.58 bits per heavy atom. The van der Waals surface area contributed by atoms with Crippen LogP contribution in [0.4, 0.5) is 0 Å². The van der Waals surface area contributed by atoms with Gasteiger partial charge in [-0.2, -0.15) is 5.01 Å². The van der Waals surface area contributed by atoms with Crippen LogP contribution in [0.2, 0.25) is 0 Å². The number of rotatable bonds is 2. The minimum Gasteiger partial charge on any atom is -0.486 e. The first-order chi connectivity index (χ1) is 15.1.